The Balaban J connectivity index is 1.18. The molecule has 2 bridgehead atoms. The van der Waals surface area contributed by atoms with E-state index in [1.807, 2.05) is 39.0 Å². The number of aliphatic hydroxyl groups is 2. The number of hydrogen-bond acceptors (Lipinski definition) is 14. The van der Waals surface area contributed by atoms with Crippen LogP contribution in [0.1, 0.15) is 99.0 Å². The number of fused-ring (bicyclic) bond motifs is 2. The summed E-state index contributed by atoms with van der Waals surface area (Å²) in [6.45, 7) is 14.2. The van der Waals surface area contributed by atoms with Gasteiger partial charge in [0.05, 0.1) is 31.0 Å². The lowest BCUT2D eigenvalue weighted by molar-refractivity contribution is -0.340. The zero-order valence-corrected chi connectivity index (χ0v) is 38.8. The fraction of sp³-hybridized carbons (Fsp3) is 0.660. The Kier molecular flexibility index (Phi) is 15.4. The maximum absolute atomic E-state index is 14.4. The first kappa shape index (κ1) is 48.2. The molecule has 64 heavy (non-hydrogen) atoms. The number of carbonyl (C=O) groups excluding carboxylic acids is 2. The molecule has 14 heteroatoms. The molecule has 16 atom stereocenters. The Bertz CT molecular complexity index is 1960. The zero-order chi connectivity index (χ0) is 45.9. The molecule has 0 aromatic heterocycles. The van der Waals surface area contributed by atoms with E-state index in [2.05, 4.69) is 32.0 Å². The molecule has 5 heterocycles. The summed E-state index contributed by atoms with van der Waals surface area (Å²) < 4.78 is 51.7. The topological polar surface area (TPSA) is 170 Å². The van der Waals surface area contributed by atoms with Crippen LogP contribution in [0.3, 0.4) is 0 Å². The highest BCUT2D eigenvalue weighted by Gasteiger charge is 2.60. The van der Waals surface area contributed by atoms with Crippen molar-refractivity contribution in [3.05, 3.63) is 83.0 Å². The van der Waals surface area contributed by atoms with Gasteiger partial charge in [-0.2, -0.15) is 0 Å². The van der Waals surface area contributed by atoms with E-state index in [1.165, 1.54) is 7.11 Å². The number of benzene rings is 1. The van der Waals surface area contributed by atoms with Gasteiger partial charge in [0.15, 0.2) is 23.9 Å². The van der Waals surface area contributed by atoms with E-state index >= 15 is 0 Å². The third-order valence-electron chi connectivity index (χ3n) is 14.3. The van der Waals surface area contributed by atoms with Crippen molar-refractivity contribution in [3.63, 3.8) is 0 Å². The first-order valence-corrected chi connectivity index (χ1v) is 23.1. The Labute approximate surface area is 377 Å². The molecule has 6 aliphatic rings. The second-order valence-corrected chi connectivity index (χ2v) is 18.8. The van der Waals surface area contributed by atoms with E-state index in [1.54, 1.807) is 50.5 Å². The van der Waals surface area contributed by atoms with Gasteiger partial charge in [-0.1, -0.05) is 100.0 Å². The summed E-state index contributed by atoms with van der Waals surface area (Å²) in [7, 11) is 2.94. The first-order chi connectivity index (χ1) is 30.6. The van der Waals surface area contributed by atoms with Gasteiger partial charge in [0.1, 0.15) is 43.0 Å². The Hall–Kier alpha value is -3.73. The average Bonchev–Trinajstić information content (AvgIpc) is 3.62. The lowest BCUT2D eigenvalue weighted by atomic mass is 9.71. The minimum Gasteiger partial charge on any atom is -0.462 e. The van der Waals surface area contributed by atoms with Crippen molar-refractivity contribution < 1.29 is 62.5 Å². The largest absolute Gasteiger partial charge is 0.462 e. The van der Waals surface area contributed by atoms with Crippen molar-refractivity contribution >= 4 is 17.7 Å². The van der Waals surface area contributed by atoms with E-state index in [-0.39, 0.29) is 36.9 Å². The maximum Gasteiger partial charge on any atom is 0.361 e. The lowest BCUT2D eigenvalue weighted by Crippen LogP contribution is -2.58. The SMILES string of the molecule is CCC(C)[C@H]1O[C@]2(CC[C@@H]1C)C[C@@H]1C[C@@H](C/C=C(\C)[C@@H](O[C@H]3C[C@H](OC)[C@@H](OC(=O)/C(=N\OC)c4ccccc4)[C@H](C)O3)[C@@H](C)/C=C/C=C3\CO[C@@H]4[C@H](O)C(C)=C[C@@H](C(=O)O1)[C@]34O)O2. The predicted molar refractivity (Wildman–Crippen MR) is 237 cm³/mol. The normalized spacial score (nSPS) is 42.2. The van der Waals surface area contributed by atoms with E-state index in [9.17, 15) is 19.8 Å². The van der Waals surface area contributed by atoms with Crippen molar-refractivity contribution in [2.45, 2.75) is 166 Å². The van der Waals surface area contributed by atoms with Crippen LogP contribution in [0.4, 0.5) is 0 Å². The average molecular weight is 892 g/mol. The van der Waals surface area contributed by atoms with E-state index < -0.39 is 78.3 Å². The zero-order valence-electron chi connectivity index (χ0n) is 38.8. The molecule has 0 amide bonds. The van der Waals surface area contributed by atoms with Gasteiger partial charge in [-0.15, -0.1) is 0 Å². The number of hydrogen-bond donors (Lipinski definition) is 2. The fourth-order valence-electron chi connectivity index (χ4n) is 10.5. The Morgan fingerprint density at radius 3 is 2.53 bits per heavy atom. The minimum atomic E-state index is -1.84. The summed E-state index contributed by atoms with van der Waals surface area (Å²) in [6.07, 6.45) is 7.11. The molecule has 1 unspecified atom stereocenters. The molecule has 1 aromatic carbocycles. The van der Waals surface area contributed by atoms with Gasteiger partial charge in [0.2, 0.25) is 0 Å². The highest BCUT2D eigenvalue weighted by Crippen LogP contribution is 2.48. The molecule has 7 rings (SSSR count). The quantitative estimate of drug-likeness (QED) is 0.117. The number of ether oxygens (including phenoxy) is 8. The molecule has 1 aliphatic carbocycles. The molecule has 14 nitrogen and oxygen atoms in total. The molecular weight excluding hydrogens is 823 g/mol. The number of nitrogens with zero attached hydrogens (tertiary/aromatic N) is 1. The number of allylic oxidation sites excluding steroid dienone is 2. The van der Waals surface area contributed by atoms with Crippen LogP contribution in [0.5, 0.6) is 0 Å². The highest BCUT2D eigenvalue weighted by atomic mass is 16.7. The van der Waals surface area contributed by atoms with Crippen LogP contribution in [0.2, 0.25) is 0 Å². The van der Waals surface area contributed by atoms with E-state index in [0.29, 0.717) is 54.2 Å². The number of carbonyl (C=O) groups is 2. The van der Waals surface area contributed by atoms with Crippen LogP contribution in [-0.2, 0) is 52.3 Å². The van der Waals surface area contributed by atoms with Gasteiger partial charge in [0.25, 0.3) is 0 Å². The van der Waals surface area contributed by atoms with Crippen LogP contribution >= 0.6 is 0 Å². The lowest BCUT2D eigenvalue weighted by Gasteiger charge is -2.51. The molecule has 1 aromatic rings. The predicted octanol–water partition coefficient (Wildman–Crippen LogP) is 6.67. The van der Waals surface area contributed by atoms with Crippen molar-refractivity contribution in [1.29, 1.82) is 0 Å². The summed E-state index contributed by atoms with van der Waals surface area (Å²) in [4.78, 5) is 32.9. The molecular formula is C50H69NO13. The summed E-state index contributed by atoms with van der Waals surface area (Å²) >= 11 is 0. The van der Waals surface area contributed by atoms with Gasteiger partial charge in [0, 0.05) is 44.3 Å². The molecule has 4 saturated heterocycles. The standard InChI is InChI=1S/C50H69NO13/c1-10-28(2)44-31(5)21-22-49(64-44)26-37-24-36(63-49)20-19-30(4)43(29(3)15-14-18-35-27-58-46-42(52)32(6)23-38(47(53)60-37)50(35,46)55)61-40-25-39(56-8)45(33(7)59-40)62-48(54)41(51-57-9)34-16-12-11-13-17-34/h11-19,23,28-29,31,33,36-40,42-46,52,55H,10,20-22,24-27H2,1-9H3/b15-14+,30-19+,35-18+,51-41-/t28?,29-,31-,33-,36+,37-,38-,39-,40-,42+,43-,44+,45-,46+,49+,50+/m0/s1. The number of methoxy groups -OCH3 is 1. The van der Waals surface area contributed by atoms with Gasteiger partial charge in [-0.3, -0.25) is 4.79 Å². The van der Waals surface area contributed by atoms with Crippen molar-refractivity contribution in [3.8, 4) is 0 Å². The summed E-state index contributed by atoms with van der Waals surface area (Å²) in [5, 5.41) is 27.7. The number of rotatable bonds is 9. The summed E-state index contributed by atoms with van der Waals surface area (Å²) in [5.41, 5.74) is 0.667. The highest BCUT2D eigenvalue weighted by molar-refractivity contribution is 6.43. The number of esters is 2. The molecule has 0 radical (unpaired) electrons. The Morgan fingerprint density at radius 2 is 1.81 bits per heavy atom. The molecule has 2 N–H and O–H groups in total. The molecule has 0 saturated carbocycles. The van der Waals surface area contributed by atoms with Crippen LogP contribution in [0.15, 0.2) is 82.6 Å². The van der Waals surface area contributed by atoms with Crippen LogP contribution < -0.4 is 0 Å². The third kappa shape index (κ3) is 10.00. The van der Waals surface area contributed by atoms with Gasteiger partial charge in [-0.25, -0.2) is 4.79 Å². The molecule has 5 aliphatic heterocycles. The Morgan fingerprint density at radius 1 is 1.05 bits per heavy atom. The summed E-state index contributed by atoms with van der Waals surface area (Å²) in [6, 6.07) is 8.95. The van der Waals surface area contributed by atoms with E-state index in [0.717, 1.165) is 18.4 Å². The van der Waals surface area contributed by atoms with Crippen molar-refractivity contribution in [2.75, 3.05) is 20.8 Å². The first-order valence-electron chi connectivity index (χ1n) is 23.1. The third-order valence-corrected chi connectivity index (χ3v) is 14.3. The van der Waals surface area contributed by atoms with Crippen LogP contribution in [0.25, 0.3) is 0 Å². The van der Waals surface area contributed by atoms with E-state index in [4.69, 9.17) is 42.7 Å². The summed E-state index contributed by atoms with van der Waals surface area (Å²) in [5.74, 6) is -2.89. The maximum atomic E-state index is 14.4. The second kappa shape index (κ2) is 20.4. The van der Waals surface area contributed by atoms with Crippen molar-refractivity contribution in [1.82, 2.24) is 0 Å². The number of aliphatic hydroxyl groups excluding tert-OH is 1. The molecule has 352 valence electrons. The van der Waals surface area contributed by atoms with Gasteiger partial charge < -0.3 is 52.9 Å². The molecule has 1 spiro atoms. The van der Waals surface area contributed by atoms with Crippen molar-refractivity contribution in [2.24, 2.45) is 28.8 Å². The minimum absolute atomic E-state index is 0.0221. The van der Waals surface area contributed by atoms with Gasteiger partial charge >= 0.3 is 11.9 Å². The van der Waals surface area contributed by atoms with Crippen LogP contribution in [0, 0.1) is 23.7 Å². The second-order valence-electron chi connectivity index (χ2n) is 18.8. The van der Waals surface area contributed by atoms with Crippen LogP contribution in [-0.4, -0.2) is 121 Å². The number of oxime groups is 1. The molecule has 4 fully saturated rings. The van der Waals surface area contributed by atoms with Gasteiger partial charge in [-0.05, 0) is 62.2 Å². The smallest absolute Gasteiger partial charge is 0.361 e. The monoisotopic (exact) mass is 891 g/mol. The fourth-order valence-corrected chi connectivity index (χ4v) is 10.5.